The van der Waals surface area contributed by atoms with Gasteiger partial charge in [-0.3, -0.25) is 4.98 Å². The number of fused-ring (bicyclic) bond motifs is 1. The number of aliphatic imine (C=N–C) groups is 1. The zero-order valence-corrected chi connectivity index (χ0v) is 14.9. The lowest BCUT2D eigenvalue weighted by Gasteiger charge is -2.03. The third kappa shape index (κ3) is 3.93. The van der Waals surface area contributed by atoms with E-state index in [-0.39, 0.29) is 0 Å². The Morgan fingerprint density at radius 1 is 1.12 bits per heavy atom. The molecule has 3 aromatic heterocycles. The minimum atomic E-state index is -0.468. The molecule has 0 saturated heterocycles. The zero-order chi connectivity index (χ0) is 18.4. The van der Waals surface area contributed by atoms with E-state index in [0.29, 0.717) is 12.1 Å². The maximum absolute atomic E-state index is 13.1. The first-order valence-corrected chi connectivity index (χ1v) is 8.60. The molecule has 26 heavy (non-hydrogen) atoms. The second-order valence-electron chi connectivity index (χ2n) is 5.59. The Labute approximate surface area is 151 Å². The number of allylic oxidation sites excluding steroid dienone is 3. The summed E-state index contributed by atoms with van der Waals surface area (Å²) in [6.45, 7) is 5.86. The fourth-order valence-corrected chi connectivity index (χ4v) is 2.64. The van der Waals surface area contributed by atoms with Gasteiger partial charge in [0.1, 0.15) is 5.70 Å². The molecule has 0 fully saturated rings. The van der Waals surface area contributed by atoms with E-state index in [2.05, 4.69) is 31.4 Å². The van der Waals surface area contributed by atoms with Crippen molar-refractivity contribution < 1.29 is 4.39 Å². The van der Waals surface area contributed by atoms with Crippen LogP contribution < -0.4 is 0 Å². The summed E-state index contributed by atoms with van der Waals surface area (Å²) in [6.07, 6.45) is 14.7. The number of rotatable bonds is 3. The molecule has 0 aliphatic carbocycles. The highest BCUT2D eigenvalue weighted by molar-refractivity contribution is 5.91. The van der Waals surface area contributed by atoms with Crippen LogP contribution in [0, 0.1) is 0 Å². The number of nitrogens with zero attached hydrogens (tertiary/aromatic N) is 6. The van der Waals surface area contributed by atoms with Gasteiger partial charge in [-0.1, -0.05) is 12.2 Å². The number of aromatic nitrogens is 5. The number of hydrogen-bond acceptors (Lipinski definition) is 4. The Balaban J connectivity index is 0.000000158. The minimum absolute atomic E-state index is 0.468. The number of imidazole rings is 2. The largest absolute Gasteiger partial charge is 0.330 e. The van der Waals surface area contributed by atoms with Gasteiger partial charge >= 0.3 is 0 Å². The van der Waals surface area contributed by atoms with Gasteiger partial charge in [0.25, 0.3) is 0 Å². The summed E-state index contributed by atoms with van der Waals surface area (Å²) in [5.74, 6) is 0.251. The molecule has 1 aliphatic heterocycles. The standard InChI is InChI=1S/C11H12FN3.C8H9N3/c1-2-15-8-7-13-11(15)9-5-3-4-6-10(12)14-9;1-2-11-6-10-7-3-4-9-5-8(7)11/h4-8H,2-3H2,1H3;3-6H,2H2,1H3. The van der Waals surface area contributed by atoms with Crippen molar-refractivity contribution in [2.45, 2.75) is 33.4 Å². The van der Waals surface area contributed by atoms with Crippen LogP contribution >= 0.6 is 0 Å². The van der Waals surface area contributed by atoms with Gasteiger partial charge < -0.3 is 9.13 Å². The molecule has 134 valence electrons. The first-order chi connectivity index (χ1) is 12.7. The summed E-state index contributed by atoms with van der Waals surface area (Å²) < 4.78 is 17.1. The van der Waals surface area contributed by atoms with E-state index < -0.39 is 5.97 Å². The zero-order valence-electron chi connectivity index (χ0n) is 14.9. The molecule has 4 heterocycles. The fraction of sp³-hybridized carbons (Fsp3) is 0.263. The van der Waals surface area contributed by atoms with Crippen LogP contribution in [-0.2, 0) is 13.1 Å². The van der Waals surface area contributed by atoms with Crippen LogP contribution in [0.2, 0.25) is 0 Å². The van der Waals surface area contributed by atoms with Crippen molar-refractivity contribution >= 4 is 22.7 Å². The van der Waals surface area contributed by atoms with Gasteiger partial charge in [-0.15, -0.1) is 0 Å². The number of hydrogen-bond donors (Lipinski definition) is 0. The van der Waals surface area contributed by atoms with Crippen molar-refractivity contribution in [2.75, 3.05) is 0 Å². The van der Waals surface area contributed by atoms with Crippen LogP contribution in [0.1, 0.15) is 26.1 Å². The molecule has 0 amide bonds. The molecule has 0 aromatic carbocycles. The molecule has 0 spiro atoms. The fourth-order valence-electron chi connectivity index (χ4n) is 2.64. The van der Waals surface area contributed by atoms with Gasteiger partial charge in [-0.2, -0.15) is 4.39 Å². The molecule has 0 radical (unpaired) electrons. The molecule has 0 bridgehead atoms. The lowest BCUT2D eigenvalue weighted by Crippen LogP contribution is -1.99. The molecule has 0 saturated carbocycles. The quantitative estimate of drug-likeness (QED) is 0.715. The highest BCUT2D eigenvalue weighted by atomic mass is 19.1. The van der Waals surface area contributed by atoms with E-state index in [9.17, 15) is 4.39 Å². The molecule has 0 unspecified atom stereocenters. The normalized spacial score (nSPS) is 13.7. The van der Waals surface area contributed by atoms with Crippen LogP contribution in [0.4, 0.5) is 4.39 Å². The van der Waals surface area contributed by atoms with Crippen molar-refractivity contribution in [2.24, 2.45) is 4.99 Å². The van der Waals surface area contributed by atoms with Gasteiger partial charge in [0.15, 0.2) is 5.82 Å². The molecular formula is C19H21FN6. The molecule has 0 N–H and O–H groups in total. The van der Waals surface area contributed by atoms with Crippen molar-refractivity contribution in [3.63, 3.8) is 0 Å². The Morgan fingerprint density at radius 2 is 1.96 bits per heavy atom. The molecule has 0 atom stereocenters. The molecule has 3 aromatic rings. The summed E-state index contributed by atoms with van der Waals surface area (Å²) >= 11 is 0. The van der Waals surface area contributed by atoms with E-state index >= 15 is 0 Å². The lowest BCUT2D eigenvalue weighted by atomic mass is 10.3. The second kappa shape index (κ2) is 8.33. The van der Waals surface area contributed by atoms with E-state index in [1.165, 1.54) is 6.08 Å². The number of aryl methyl sites for hydroxylation is 2. The summed E-state index contributed by atoms with van der Waals surface area (Å²) in [5, 5.41) is 0. The van der Waals surface area contributed by atoms with Gasteiger partial charge in [-0.05, 0) is 32.4 Å². The summed E-state index contributed by atoms with van der Waals surface area (Å²) in [6, 6.07) is 1.92. The molecule has 1 aliphatic rings. The van der Waals surface area contributed by atoms with Crippen LogP contribution in [0.25, 0.3) is 16.7 Å². The van der Waals surface area contributed by atoms with Gasteiger partial charge in [0.05, 0.1) is 23.6 Å². The van der Waals surface area contributed by atoms with Gasteiger partial charge in [0, 0.05) is 31.7 Å². The second-order valence-corrected chi connectivity index (χ2v) is 5.59. The Bertz CT molecular complexity index is 963. The summed E-state index contributed by atoms with van der Waals surface area (Å²) in [4.78, 5) is 16.3. The van der Waals surface area contributed by atoms with Gasteiger partial charge in [0.2, 0.25) is 5.97 Å². The molecule has 6 nitrogen and oxygen atoms in total. The maximum Gasteiger partial charge on any atom is 0.213 e. The number of halogens is 1. The van der Waals surface area contributed by atoms with Crippen molar-refractivity contribution in [3.05, 3.63) is 61.2 Å². The molecule has 7 heteroatoms. The van der Waals surface area contributed by atoms with Crippen molar-refractivity contribution in [3.8, 4) is 0 Å². The predicted molar refractivity (Wildman–Crippen MR) is 101 cm³/mol. The third-order valence-electron chi connectivity index (χ3n) is 3.98. The van der Waals surface area contributed by atoms with E-state index in [4.69, 9.17) is 0 Å². The van der Waals surface area contributed by atoms with E-state index in [1.807, 2.05) is 42.4 Å². The average Bonchev–Trinajstić information content (AvgIpc) is 3.25. The summed E-state index contributed by atoms with van der Waals surface area (Å²) in [5.41, 5.74) is 2.72. The molecule has 4 rings (SSSR count). The first-order valence-electron chi connectivity index (χ1n) is 8.60. The first kappa shape index (κ1) is 17.7. The third-order valence-corrected chi connectivity index (χ3v) is 3.98. The average molecular weight is 352 g/mol. The molecular weight excluding hydrogens is 331 g/mol. The Morgan fingerprint density at radius 3 is 2.77 bits per heavy atom. The maximum atomic E-state index is 13.1. The van der Waals surface area contributed by atoms with Gasteiger partial charge in [-0.25, -0.2) is 15.0 Å². The van der Waals surface area contributed by atoms with E-state index in [1.54, 1.807) is 18.5 Å². The minimum Gasteiger partial charge on any atom is -0.330 e. The highest BCUT2D eigenvalue weighted by Crippen LogP contribution is 2.18. The smallest absolute Gasteiger partial charge is 0.213 e. The van der Waals surface area contributed by atoms with Crippen LogP contribution in [0.3, 0.4) is 0 Å². The number of pyridine rings is 1. The summed E-state index contributed by atoms with van der Waals surface area (Å²) in [7, 11) is 0. The highest BCUT2D eigenvalue weighted by Gasteiger charge is 2.09. The van der Waals surface area contributed by atoms with Crippen LogP contribution in [0.15, 0.2) is 60.4 Å². The topological polar surface area (TPSA) is 60.9 Å². The predicted octanol–water partition coefficient (Wildman–Crippen LogP) is 4.02. The monoisotopic (exact) mass is 352 g/mol. The van der Waals surface area contributed by atoms with Crippen molar-refractivity contribution in [1.82, 2.24) is 24.1 Å². The van der Waals surface area contributed by atoms with Crippen LogP contribution in [0.5, 0.6) is 0 Å². The Hall–Kier alpha value is -3.09. The lowest BCUT2D eigenvalue weighted by molar-refractivity contribution is 0.745. The van der Waals surface area contributed by atoms with Crippen LogP contribution in [-0.4, -0.2) is 30.1 Å². The van der Waals surface area contributed by atoms with Crippen molar-refractivity contribution in [1.29, 1.82) is 0 Å². The van der Waals surface area contributed by atoms with E-state index in [0.717, 1.165) is 29.9 Å². The Kier molecular flexibility index (Phi) is 5.68. The SMILES string of the molecule is CCn1ccnc1C1=CCC=CC(F)=N1.CCn1cnc2ccncc21.